The van der Waals surface area contributed by atoms with Crippen molar-refractivity contribution in [2.24, 2.45) is 0 Å². The van der Waals surface area contributed by atoms with Crippen LogP contribution in [-0.2, 0) is 10.0 Å². The number of nitrogens with zero attached hydrogens (tertiary/aromatic N) is 1. The van der Waals surface area contributed by atoms with Gasteiger partial charge in [0.2, 0.25) is 10.0 Å². The van der Waals surface area contributed by atoms with Crippen molar-refractivity contribution in [3.05, 3.63) is 24.3 Å². The highest BCUT2D eigenvalue weighted by Gasteiger charge is 2.24. The molecule has 1 aliphatic heterocycles. The van der Waals surface area contributed by atoms with Gasteiger partial charge in [0, 0.05) is 25.7 Å². The van der Waals surface area contributed by atoms with Crippen molar-refractivity contribution >= 4 is 15.7 Å². The van der Waals surface area contributed by atoms with Crippen LogP contribution in [0.15, 0.2) is 29.2 Å². The van der Waals surface area contributed by atoms with E-state index >= 15 is 0 Å². The third-order valence-corrected chi connectivity index (χ3v) is 5.33. The normalized spacial score (nSPS) is 17.4. The van der Waals surface area contributed by atoms with E-state index in [4.69, 9.17) is 0 Å². The zero-order valence-corrected chi connectivity index (χ0v) is 12.9. The van der Waals surface area contributed by atoms with Crippen LogP contribution >= 0.6 is 0 Å². The van der Waals surface area contributed by atoms with Crippen LogP contribution in [0.25, 0.3) is 0 Å². The number of sulfonamides is 1. The first-order valence-electron chi connectivity index (χ1n) is 7.09. The molecule has 1 heterocycles. The van der Waals surface area contributed by atoms with Gasteiger partial charge in [-0.15, -0.1) is 0 Å². The predicted octanol–water partition coefficient (Wildman–Crippen LogP) is 1.17. The zero-order valence-electron chi connectivity index (χ0n) is 12.1. The summed E-state index contributed by atoms with van der Waals surface area (Å²) in [5.41, 5.74) is 0.808. The summed E-state index contributed by atoms with van der Waals surface area (Å²) in [7, 11) is -1.44. The number of piperidine rings is 1. The quantitative estimate of drug-likeness (QED) is 0.856. The Morgan fingerprint density at radius 1 is 1.25 bits per heavy atom. The Morgan fingerprint density at radius 2 is 1.90 bits per heavy atom. The van der Waals surface area contributed by atoms with Crippen molar-refractivity contribution in [1.29, 1.82) is 0 Å². The van der Waals surface area contributed by atoms with Crippen LogP contribution in [0.2, 0.25) is 0 Å². The first kappa shape index (κ1) is 15.3. The highest BCUT2D eigenvalue weighted by molar-refractivity contribution is 7.89. The second-order valence-corrected chi connectivity index (χ2v) is 6.75. The minimum Gasteiger partial charge on any atom is -0.370 e. The molecule has 0 radical (unpaired) electrons. The number of hydrogen-bond acceptors (Lipinski definition) is 4. The largest absolute Gasteiger partial charge is 0.370 e. The lowest BCUT2D eigenvalue weighted by Crippen LogP contribution is -2.42. The molecule has 0 spiro atoms. The Balaban J connectivity index is 2.25. The fourth-order valence-corrected chi connectivity index (χ4v) is 3.89. The maximum absolute atomic E-state index is 12.3. The number of rotatable bonds is 5. The molecule has 6 heteroatoms. The molecular weight excluding hydrogens is 274 g/mol. The maximum atomic E-state index is 12.3. The smallest absolute Gasteiger partial charge is 0.242 e. The number of para-hydroxylation sites is 1. The molecule has 0 amide bonds. The maximum Gasteiger partial charge on any atom is 0.242 e. The minimum absolute atomic E-state index is 0.379. The van der Waals surface area contributed by atoms with Crippen molar-refractivity contribution in [2.45, 2.75) is 30.7 Å². The van der Waals surface area contributed by atoms with Crippen LogP contribution in [0.1, 0.15) is 19.8 Å². The summed E-state index contributed by atoms with van der Waals surface area (Å²) in [5, 5.41) is 3.28. The molecule has 20 heavy (non-hydrogen) atoms. The van der Waals surface area contributed by atoms with Crippen molar-refractivity contribution in [3.63, 3.8) is 0 Å². The molecule has 0 aromatic heterocycles. The zero-order chi connectivity index (χ0) is 14.6. The summed E-state index contributed by atoms with van der Waals surface area (Å²) < 4.78 is 27.1. The first-order chi connectivity index (χ1) is 9.58. The highest BCUT2D eigenvalue weighted by atomic mass is 32.2. The van der Waals surface area contributed by atoms with Gasteiger partial charge in [0.1, 0.15) is 4.90 Å². The molecule has 1 aromatic rings. The van der Waals surface area contributed by atoms with Gasteiger partial charge < -0.3 is 10.2 Å². The van der Waals surface area contributed by atoms with E-state index in [9.17, 15) is 8.42 Å². The first-order valence-corrected chi connectivity index (χ1v) is 8.57. The molecule has 1 fully saturated rings. The molecule has 1 aliphatic rings. The average molecular weight is 297 g/mol. The molecule has 5 nitrogen and oxygen atoms in total. The fraction of sp³-hybridized carbons (Fsp3) is 0.571. The molecule has 0 aliphatic carbocycles. The van der Waals surface area contributed by atoms with Crippen LogP contribution < -0.4 is 14.9 Å². The van der Waals surface area contributed by atoms with Crippen LogP contribution in [0, 0.1) is 0 Å². The van der Waals surface area contributed by atoms with E-state index in [-0.39, 0.29) is 0 Å². The molecule has 0 atom stereocenters. The van der Waals surface area contributed by atoms with Gasteiger partial charge in [-0.2, -0.15) is 0 Å². The Bertz CT molecular complexity index is 537. The van der Waals surface area contributed by atoms with Gasteiger partial charge in [-0.1, -0.05) is 19.1 Å². The van der Waals surface area contributed by atoms with Gasteiger partial charge in [0.05, 0.1) is 5.69 Å². The van der Waals surface area contributed by atoms with Crippen LogP contribution in [0.5, 0.6) is 0 Å². The van der Waals surface area contributed by atoms with E-state index in [1.54, 1.807) is 19.1 Å². The summed E-state index contributed by atoms with van der Waals surface area (Å²) >= 11 is 0. The SMILES string of the molecule is CCNS(=O)(=O)c1ccccc1N1CCC(NC)CC1. The van der Waals surface area contributed by atoms with E-state index in [0.717, 1.165) is 31.6 Å². The van der Waals surface area contributed by atoms with E-state index in [2.05, 4.69) is 14.9 Å². The number of benzene rings is 1. The lowest BCUT2D eigenvalue weighted by molar-refractivity contribution is 0.441. The van der Waals surface area contributed by atoms with E-state index < -0.39 is 10.0 Å². The van der Waals surface area contributed by atoms with E-state index in [1.807, 2.05) is 19.2 Å². The van der Waals surface area contributed by atoms with Crippen molar-refractivity contribution < 1.29 is 8.42 Å². The van der Waals surface area contributed by atoms with Gasteiger partial charge in [0.15, 0.2) is 0 Å². The van der Waals surface area contributed by atoms with Crippen LogP contribution in [0.4, 0.5) is 5.69 Å². The number of nitrogens with one attached hydrogen (secondary N) is 2. The summed E-state index contributed by atoms with van der Waals surface area (Å²) in [5.74, 6) is 0. The highest BCUT2D eigenvalue weighted by Crippen LogP contribution is 2.27. The molecular formula is C14H23N3O2S. The fourth-order valence-electron chi connectivity index (χ4n) is 2.62. The molecule has 2 rings (SSSR count). The summed E-state index contributed by atoms with van der Waals surface area (Å²) in [6.07, 6.45) is 2.07. The molecule has 0 bridgehead atoms. The third-order valence-electron chi connectivity index (χ3n) is 3.73. The van der Waals surface area contributed by atoms with Crippen molar-refractivity contribution in [2.75, 3.05) is 31.6 Å². The van der Waals surface area contributed by atoms with Gasteiger partial charge in [0.25, 0.3) is 0 Å². The van der Waals surface area contributed by atoms with Crippen molar-refractivity contribution in [1.82, 2.24) is 10.0 Å². The van der Waals surface area contributed by atoms with Gasteiger partial charge in [-0.25, -0.2) is 13.1 Å². The van der Waals surface area contributed by atoms with Gasteiger partial charge in [-0.3, -0.25) is 0 Å². The Morgan fingerprint density at radius 3 is 2.50 bits per heavy atom. The molecule has 2 N–H and O–H groups in total. The molecule has 0 saturated carbocycles. The van der Waals surface area contributed by atoms with Crippen LogP contribution in [0.3, 0.4) is 0 Å². The minimum atomic E-state index is -3.42. The second-order valence-electron chi connectivity index (χ2n) is 5.02. The average Bonchev–Trinajstić information content (AvgIpc) is 2.47. The molecule has 112 valence electrons. The Hall–Kier alpha value is -1.11. The number of anilines is 1. The predicted molar refractivity (Wildman–Crippen MR) is 81.6 cm³/mol. The van der Waals surface area contributed by atoms with Gasteiger partial charge in [-0.05, 0) is 32.0 Å². The summed E-state index contributed by atoms with van der Waals surface area (Å²) in [6, 6.07) is 7.77. The monoisotopic (exact) mass is 297 g/mol. The topological polar surface area (TPSA) is 61.4 Å². The summed E-state index contributed by atoms with van der Waals surface area (Å²) in [6.45, 7) is 3.95. The third kappa shape index (κ3) is 3.31. The van der Waals surface area contributed by atoms with E-state index in [1.165, 1.54) is 0 Å². The summed E-state index contributed by atoms with van der Waals surface area (Å²) in [4.78, 5) is 2.54. The Labute approximate surface area is 121 Å². The van der Waals surface area contributed by atoms with E-state index in [0.29, 0.717) is 17.5 Å². The van der Waals surface area contributed by atoms with Crippen molar-refractivity contribution in [3.8, 4) is 0 Å². The second kappa shape index (κ2) is 6.56. The number of hydrogen-bond donors (Lipinski definition) is 2. The molecule has 0 unspecified atom stereocenters. The standard InChI is InChI=1S/C14H23N3O2S/c1-3-16-20(18,19)14-7-5-4-6-13(14)17-10-8-12(15-2)9-11-17/h4-7,12,15-16H,3,8-11H2,1-2H3. The lowest BCUT2D eigenvalue weighted by Gasteiger charge is -2.34. The molecule has 1 saturated heterocycles. The molecule has 1 aromatic carbocycles. The van der Waals surface area contributed by atoms with Crippen LogP contribution in [-0.4, -0.2) is 41.1 Å². The Kier molecular flexibility index (Phi) is 5.01. The van der Waals surface area contributed by atoms with Gasteiger partial charge >= 0.3 is 0 Å². The lowest BCUT2D eigenvalue weighted by atomic mass is 10.0.